The van der Waals surface area contributed by atoms with Crippen LogP contribution in [-0.2, 0) is 19.6 Å². The first-order valence-corrected chi connectivity index (χ1v) is 10.9. The average Bonchev–Trinajstić information content (AvgIpc) is 3.03. The highest BCUT2D eigenvalue weighted by Crippen LogP contribution is 2.33. The number of sulfonamides is 1. The van der Waals surface area contributed by atoms with Crippen molar-refractivity contribution >= 4 is 27.4 Å². The molecule has 0 aliphatic carbocycles. The van der Waals surface area contributed by atoms with Gasteiger partial charge in [0.2, 0.25) is 0 Å². The van der Waals surface area contributed by atoms with Gasteiger partial charge in [0.15, 0.2) is 0 Å². The van der Waals surface area contributed by atoms with Crippen LogP contribution in [-0.4, -0.2) is 24.5 Å². The van der Waals surface area contributed by atoms with Gasteiger partial charge in [-0.15, -0.1) is 0 Å². The zero-order valence-electron chi connectivity index (χ0n) is 16.6. The van der Waals surface area contributed by atoms with Crippen molar-refractivity contribution in [3.8, 4) is 11.8 Å². The molecule has 1 aliphatic heterocycles. The number of nitrogens with zero attached hydrogens (tertiary/aromatic N) is 1. The van der Waals surface area contributed by atoms with E-state index in [0.29, 0.717) is 15.4 Å². The molecule has 4 rings (SSSR count). The molecule has 1 heterocycles. The van der Waals surface area contributed by atoms with Gasteiger partial charge in [-0.1, -0.05) is 78.1 Å². The highest BCUT2D eigenvalue weighted by atomic mass is 32.2. The molecule has 31 heavy (non-hydrogen) atoms. The molecule has 5 nitrogen and oxygen atoms in total. The van der Waals surface area contributed by atoms with Crippen molar-refractivity contribution in [2.24, 2.45) is 0 Å². The first kappa shape index (κ1) is 20.3. The number of benzene rings is 3. The quantitative estimate of drug-likeness (QED) is 0.473. The van der Waals surface area contributed by atoms with E-state index >= 15 is 0 Å². The van der Waals surface area contributed by atoms with Gasteiger partial charge in [0.05, 0.1) is 10.5 Å². The van der Waals surface area contributed by atoms with E-state index in [4.69, 9.17) is 0 Å². The number of aryl methyl sites for hydroxylation is 1. The smallest absolute Gasteiger partial charge is 0.267 e. The normalized spacial score (nSPS) is 13.9. The second kappa shape index (κ2) is 8.05. The lowest BCUT2D eigenvalue weighted by Gasteiger charge is -2.15. The van der Waals surface area contributed by atoms with Crippen LogP contribution in [0.15, 0.2) is 95.4 Å². The molecule has 0 saturated heterocycles. The minimum atomic E-state index is -4.39. The van der Waals surface area contributed by atoms with E-state index in [9.17, 15) is 18.0 Å². The molecular weight excluding hydrogens is 410 g/mol. The fraction of sp³-hybridized carbons (Fsp3) is 0.0400. The van der Waals surface area contributed by atoms with E-state index in [1.807, 2.05) is 13.0 Å². The van der Waals surface area contributed by atoms with Gasteiger partial charge >= 0.3 is 0 Å². The molecular formula is C25H17NO4S. The predicted octanol–water partition coefficient (Wildman–Crippen LogP) is 3.56. The fourth-order valence-corrected chi connectivity index (χ4v) is 4.50. The molecule has 0 spiro atoms. The molecule has 0 radical (unpaired) electrons. The maximum Gasteiger partial charge on any atom is 0.284 e. The molecule has 0 aromatic heterocycles. The Morgan fingerprint density at radius 3 is 1.90 bits per heavy atom. The number of imide groups is 1. The van der Waals surface area contributed by atoms with Crippen molar-refractivity contribution in [3.05, 3.63) is 107 Å². The lowest BCUT2D eigenvalue weighted by molar-refractivity contribution is -0.130. The summed E-state index contributed by atoms with van der Waals surface area (Å²) in [5, 5.41) is 0. The van der Waals surface area contributed by atoms with Crippen molar-refractivity contribution < 1.29 is 18.0 Å². The number of carbonyl (C=O) groups excluding carboxylic acids is 2. The van der Waals surface area contributed by atoms with Gasteiger partial charge < -0.3 is 0 Å². The number of rotatable bonds is 3. The highest BCUT2D eigenvalue weighted by molar-refractivity contribution is 7.90. The van der Waals surface area contributed by atoms with Gasteiger partial charge in [-0.3, -0.25) is 9.59 Å². The van der Waals surface area contributed by atoms with Gasteiger partial charge in [-0.25, -0.2) is 8.42 Å². The van der Waals surface area contributed by atoms with Crippen LogP contribution in [0.2, 0.25) is 0 Å². The molecule has 152 valence electrons. The second-order valence-corrected chi connectivity index (χ2v) is 8.71. The Hall–Kier alpha value is -3.95. The molecule has 1 aliphatic rings. The number of amides is 2. The number of hydrogen-bond acceptors (Lipinski definition) is 4. The third-order valence-electron chi connectivity index (χ3n) is 4.77. The Morgan fingerprint density at radius 1 is 0.710 bits per heavy atom. The Kier molecular flexibility index (Phi) is 5.28. The Bertz CT molecular complexity index is 1360. The lowest BCUT2D eigenvalue weighted by Crippen LogP contribution is -2.37. The van der Waals surface area contributed by atoms with Crippen LogP contribution < -0.4 is 0 Å². The zero-order chi connectivity index (χ0) is 22.0. The van der Waals surface area contributed by atoms with Crippen molar-refractivity contribution in [1.82, 2.24) is 4.31 Å². The summed E-state index contributed by atoms with van der Waals surface area (Å²) in [6, 6.07) is 23.4. The van der Waals surface area contributed by atoms with Crippen molar-refractivity contribution in [2.45, 2.75) is 11.8 Å². The summed E-state index contributed by atoms with van der Waals surface area (Å²) in [5.74, 6) is 3.74. The molecule has 0 unspecified atom stereocenters. The minimum Gasteiger partial charge on any atom is -0.267 e. The number of hydrogen-bond donors (Lipinski definition) is 0. The van der Waals surface area contributed by atoms with Gasteiger partial charge in [0.1, 0.15) is 5.57 Å². The van der Waals surface area contributed by atoms with Gasteiger partial charge in [-0.2, -0.15) is 4.31 Å². The number of carbonyl (C=O) groups is 2. The summed E-state index contributed by atoms with van der Waals surface area (Å²) in [7, 11) is -4.39. The van der Waals surface area contributed by atoms with E-state index in [-0.39, 0.29) is 16.0 Å². The summed E-state index contributed by atoms with van der Waals surface area (Å²) in [6.45, 7) is 1.81. The van der Waals surface area contributed by atoms with Crippen molar-refractivity contribution in [3.63, 3.8) is 0 Å². The second-order valence-electron chi connectivity index (χ2n) is 6.92. The molecule has 6 heteroatoms. The van der Waals surface area contributed by atoms with Crippen molar-refractivity contribution in [1.29, 1.82) is 0 Å². The fourth-order valence-electron chi connectivity index (χ4n) is 3.19. The molecule has 0 bridgehead atoms. The largest absolute Gasteiger partial charge is 0.284 e. The van der Waals surface area contributed by atoms with Gasteiger partial charge in [0.25, 0.3) is 21.8 Å². The van der Waals surface area contributed by atoms with Crippen LogP contribution in [0.1, 0.15) is 16.7 Å². The Labute approximate surface area is 180 Å². The summed E-state index contributed by atoms with van der Waals surface area (Å²) >= 11 is 0. The van der Waals surface area contributed by atoms with Crippen molar-refractivity contribution in [2.75, 3.05) is 0 Å². The third kappa shape index (κ3) is 3.79. The predicted molar refractivity (Wildman–Crippen MR) is 117 cm³/mol. The molecule has 3 aromatic carbocycles. The van der Waals surface area contributed by atoms with Crippen LogP contribution in [0.4, 0.5) is 0 Å². The average molecular weight is 427 g/mol. The first-order chi connectivity index (χ1) is 14.9. The van der Waals surface area contributed by atoms with E-state index in [2.05, 4.69) is 11.8 Å². The highest BCUT2D eigenvalue weighted by Gasteiger charge is 2.46. The van der Waals surface area contributed by atoms with E-state index in [1.165, 1.54) is 12.1 Å². The molecule has 3 aromatic rings. The summed E-state index contributed by atoms with van der Waals surface area (Å²) in [4.78, 5) is 26.3. The SMILES string of the molecule is Cc1ccc(S(=O)(=O)N2C(=O)C(C#Cc3ccccc3)=C(c3ccccc3)C2=O)cc1. The van der Waals surface area contributed by atoms with E-state index in [1.54, 1.807) is 66.7 Å². The Balaban J connectivity index is 1.85. The first-order valence-electron chi connectivity index (χ1n) is 9.47. The topological polar surface area (TPSA) is 71.5 Å². The van der Waals surface area contributed by atoms with Crippen LogP contribution in [0.3, 0.4) is 0 Å². The molecule has 2 amide bonds. The standard InChI is InChI=1S/C25H17NO4S/c1-18-12-15-21(16-13-18)31(29,30)26-24(27)22(17-14-19-8-4-2-5-9-19)23(25(26)28)20-10-6-3-7-11-20/h2-13,15-16H,1H3. The molecule has 0 saturated carbocycles. The molecule has 0 N–H and O–H groups in total. The summed E-state index contributed by atoms with van der Waals surface area (Å²) in [6.07, 6.45) is 0. The maximum atomic E-state index is 13.2. The van der Waals surface area contributed by atoms with Crippen LogP contribution in [0.25, 0.3) is 5.57 Å². The maximum absolute atomic E-state index is 13.2. The Morgan fingerprint density at radius 2 is 1.29 bits per heavy atom. The molecule has 0 fully saturated rings. The van der Waals surface area contributed by atoms with E-state index < -0.39 is 21.8 Å². The summed E-state index contributed by atoms with van der Waals surface area (Å²) in [5.41, 5.74) is 1.76. The third-order valence-corrected chi connectivity index (χ3v) is 6.45. The monoisotopic (exact) mass is 427 g/mol. The van der Waals surface area contributed by atoms with Gasteiger partial charge in [0, 0.05) is 5.56 Å². The van der Waals surface area contributed by atoms with Crippen LogP contribution >= 0.6 is 0 Å². The minimum absolute atomic E-state index is 0.0234. The van der Waals surface area contributed by atoms with Gasteiger partial charge in [-0.05, 0) is 36.8 Å². The summed E-state index contributed by atoms with van der Waals surface area (Å²) < 4.78 is 26.7. The van der Waals surface area contributed by atoms with E-state index in [0.717, 1.165) is 5.56 Å². The van der Waals surface area contributed by atoms with Crippen LogP contribution in [0.5, 0.6) is 0 Å². The zero-order valence-corrected chi connectivity index (χ0v) is 17.4. The van der Waals surface area contributed by atoms with Crippen LogP contribution in [0, 0.1) is 18.8 Å². The molecule has 0 atom stereocenters. The lowest BCUT2D eigenvalue weighted by atomic mass is 10.0.